The lowest BCUT2D eigenvalue weighted by atomic mass is 10.1. The molecular formula is C26H36N2O3S. The van der Waals surface area contributed by atoms with E-state index in [-0.39, 0.29) is 17.9 Å². The third kappa shape index (κ3) is 7.90. The number of methoxy groups -OCH3 is 1. The monoisotopic (exact) mass is 456 g/mol. The maximum atomic E-state index is 13.3. The van der Waals surface area contributed by atoms with Crippen LogP contribution in [0, 0.1) is 6.92 Å². The largest absolute Gasteiger partial charge is 0.497 e. The van der Waals surface area contributed by atoms with E-state index in [9.17, 15) is 9.59 Å². The fraction of sp³-hybridized carbons (Fsp3) is 0.462. The molecule has 0 aliphatic rings. The Bertz CT molecular complexity index is 887. The quantitative estimate of drug-likeness (QED) is 0.490. The van der Waals surface area contributed by atoms with Gasteiger partial charge in [-0.2, -0.15) is 0 Å². The molecule has 2 aromatic rings. The van der Waals surface area contributed by atoms with Crippen LogP contribution in [0.4, 0.5) is 0 Å². The van der Waals surface area contributed by atoms with Gasteiger partial charge in [0.25, 0.3) is 0 Å². The Labute approximate surface area is 196 Å². The van der Waals surface area contributed by atoms with Gasteiger partial charge in [-0.1, -0.05) is 55.8 Å². The highest BCUT2D eigenvalue weighted by molar-refractivity contribution is 7.99. The molecule has 0 unspecified atom stereocenters. The first-order chi connectivity index (χ1) is 15.4. The van der Waals surface area contributed by atoms with E-state index in [1.54, 1.807) is 23.8 Å². The van der Waals surface area contributed by atoms with Gasteiger partial charge in [-0.3, -0.25) is 9.59 Å². The lowest BCUT2D eigenvalue weighted by Crippen LogP contribution is -2.51. The van der Waals surface area contributed by atoms with Crippen molar-refractivity contribution < 1.29 is 14.3 Å². The molecule has 174 valence electrons. The number of nitrogens with one attached hydrogen (secondary N) is 1. The van der Waals surface area contributed by atoms with Crippen molar-refractivity contribution in [1.82, 2.24) is 10.2 Å². The van der Waals surface area contributed by atoms with E-state index in [0.29, 0.717) is 18.7 Å². The van der Waals surface area contributed by atoms with E-state index < -0.39 is 6.04 Å². The summed E-state index contributed by atoms with van der Waals surface area (Å²) < 4.78 is 5.34. The highest BCUT2D eigenvalue weighted by Gasteiger charge is 2.29. The minimum atomic E-state index is -0.512. The summed E-state index contributed by atoms with van der Waals surface area (Å²) in [6, 6.07) is 15.5. The maximum Gasteiger partial charge on any atom is 0.243 e. The Kier molecular flexibility index (Phi) is 10.6. The standard InChI is InChI=1S/C26H36N2O3S/c1-6-20(4)27-26(30)24(7-2)28(16-21-11-9-13-23(15-21)31-5)25(29)18-32-17-22-12-8-10-19(3)14-22/h8-15,20,24H,6-7,16-18H2,1-5H3,(H,27,30)/t20-,24-/m1/s1. The SMILES string of the molecule is CC[C@@H](C)NC(=O)[C@@H](CC)N(Cc1cccc(OC)c1)C(=O)CSCc1cccc(C)c1. The Hall–Kier alpha value is -2.47. The van der Waals surface area contributed by atoms with Gasteiger partial charge in [-0.05, 0) is 49.9 Å². The van der Waals surface area contributed by atoms with Gasteiger partial charge in [0.2, 0.25) is 11.8 Å². The predicted molar refractivity (Wildman–Crippen MR) is 133 cm³/mol. The zero-order valence-electron chi connectivity index (χ0n) is 19.9. The number of benzene rings is 2. The van der Waals surface area contributed by atoms with Gasteiger partial charge in [0.1, 0.15) is 11.8 Å². The Morgan fingerprint density at radius 1 is 1.06 bits per heavy atom. The molecule has 0 aliphatic heterocycles. The summed E-state index contributed by atoms with van der Waals surface area (Å²) in [5.41, 5.74) is 3.35. The molecule has 2 aromatic carbocycles. The van der Waals surface area contributed by atoms with Gasteiger partial charge in [0, 0.05) is 18.3 Å². The molecule has 1 N–H and O–H groups in total. The molecular weight excluding hydrogens is 420 g/mol. The van der Waals surface area contributed by atoms with Gasteiger partial charge in [-0.25, -0.2) is 0 Å². The molecule has 2 rings (SSSR count). The van der Waals surface area contributed by atoms with Gasteiger partial charge >= 0.3 is 0 Å². The molecule has 0 aromatic heterocycles. The molecule has 0 radical (unpaired) electrons. The van der Waals surface area contributed by atoms with Crippen molar-refractivity contribution in [2.75, 3.05) is 12.9 Å². The van der Waals surface area contributed by atoms with Crippen molar-refractivity contribution in [3.05, 3.63) is 65.2 Å². The number of carbonyl (C=O) groups excluding carboxylic acids is 2. The molecule has 2 amide bonds. The molecule has 0 fully saturated rings. The van der Waals surface area contributed by atoms with E-state index in [1.807, 2.05) is 51.1 Å². The Balaban J connectivity index is 2.16. The zero-order chi connectivity index (χ0) is 23.5. The second kappa shape index (κ2) is 13.2. The van der Waals surface area contributed by atoms with Crippen LogP contribution in [-0.4, -0.2) is 41.7 Å². The van der Waals surface area contributed by atoms with E-state index in [2.05, 4.69) is 30.4 Å². The fourth-order valence-corrected chi connectivity index (χ4v) is 4.33. The van der Waals surface area contributed by atoms with E-state index >= 15 is 0 Å². The van der Waals surface area contributed by atoms with Crippen molar-refractivity contribution >= 4 is 23.6 Å². The number of ether oxygens (including phenoxy) is 1. The molecule has 0 aliphatic carbocycles. The van der Waals surface area contributed by atoms with Crippen LogP contribution in [0.1, 0.15) is 50.3 Å². The molecule has 0 spiro atoms. The van der Waals surface area contributed by atoms with E-state index in [1.165, 1.54) is 11.1 Å². The van der Waals surface area contributed by atoms with Crippen LogP contribution in [0.25, 0.3) is 0 Å². The summed E-state index contributed by atoms with van der Waals surface area (Å²) >= 11 is 1.58. The third-order valence-electron chi connectivity index (χ3n) is 5.45. The van der Waals surface area contributed by atoms with Crippen LogP contribution < -0.4 is 10.1 Å². The number of carbonyl (C=O) groups is 2. The molecule has 0 bridgehead atoms. The summed E-state index contributed by atoms with van der Waals surface area (Å²) in [5.74, 6) is 1.70. The molecule has 2 atom stereocenters. The first-order valence-corrected chi connectivity index (χ1v) is 12.4. The summed E-state index contributed by atoms with van der Waals surface area (Å²) in [4.78, 5) is 28.0. The third-order valence-corrected chi connectivity index (χ3v) is 6.44. The number of nitrogens with zero attached hydrogens (tertiary/aromatic N) is 1. The van der Waals surface area contributed by atoms with Crippen LogP contribution in [0.15, 0.2) is 48.5 Å². The average molecular weight is 457 g/mol. The topological polar surface area (TPSA) is 58.6 Å². The predicted octanol–water partition coefficient (Wildman–Crippen LogP) is 4.96. The molecule has 6 heteroatoms. The van der Waals surface area contributed by atoms with Crippen molar-refractivity contribution in [1.29, 1.82) is 0 Å². The number of thioether (sulfide) groups is 1. The Morgan fingerprint density at radius 3 is 2.44 bits per heavy atom. The van der Waals surface area contributed by atoms with Crippen LogP contribution >= 0.6 is 11.8 Å². The molecule has 0 saturated carbocycles. The summed E-state index contributed by atoms with van der Waals surface area (Å²) in [6.45, 7) is 8.40. The minimum absolute atomic E-state index is 0.0309. The summed E-state index contributed by atoms with van der Waals surface area (Å²) in [7, 11) is 1.62. The van der Waals surface area contributed by atoms with Crippen molar-refractivity contribution in [2.45, 2.75) is 64.9 Å². The van der Waals surface area contributed by atoms with Crippen LogP contribution in [0.2, 0.25) is 0 Å². The zero-order valence-corrected chi connectivity index (χ0v) is 20.7. The normalized spacial score (nSPS) is 12.7. The first kappa shape index (κ1) is 25.8. The second-order valence-corrected chi connectivity index (χ2v) is 9.08. The Morgan fingerprint density at radius 2 is 1.78 bits per heavy atom. The van der Waals surface area contributed by atoms with Gasteiger partial charge < -0.3 is 15.0 Å². The smallest absolute Gasteiger partial charge is 0.243 e. The number of aryl methyl sites for hydroxylation is 1. The van der Waals surface area contributed by atoms with Gasteiger partial charge in [0.05, 0.1) is 12.9 Å². The first-order valence-electron chi connectivity index (χ1n) is 11.2. The highest BCUT2D eigenvalue weighted by Crippen LogP contribution is 2.20. The molecule has 0 heterocycles. The summed E-state index contributed by atoms with van der Waals surface area (Å²) in [6.07, 6.45) is 1.40. The summed E-state index contributed by atoms with van der Waals surface area (Å²) in [5, 5.41) is 3.05. The average Bonchev–Trinajstić information content (AvgIpc) is 2.78. The molecule has 0 saturated heterocycles. The van der Waals surface area contributed by atoms with Crippen molar-refractivity contribution in [3.63, 3.8) is 0 Å². The fourth-order valence-electron chi connectivity index (χ4n) is 3.47. The number of rotatable bonds is 12. The number of hydrogen-bond donors (Lipinski definition) is 1. The maximum absolute atomic E-state index is 13.3. The van der Waals surface area contributed by atoms with Crippen molar-refractivity contribution in [3.8, 4) is 5.75 Å². The van der Waals surface area contributed by atoms with E-state index in [4.69, 9.17) is 4.74 Å². The number of amides is 2. The number of hydrogen-bond acceptors (Lipinski definition) is 4. The minimum Gasteiger partial charge on any atom is -0.497 e. The van der Waals surface area contributed by atoms with Crippen LogP contribution in [0.5, 0.6) is 5.75 Å². The lowest BCUT2D eigenvalue weighted by molar-refractivity contribution is -0.139. The lowest BCUT2D eigenvalue weighted by Gasteiger charge is -2.31. The van der Waals surface area contributed by atoms with Crippen molar-refractivity contribution in [2.24, 2.45) is 0 Å². The van der Waals surface area contributed by atoms with E-state index in [0.717, 1.165) is 23.5 Å². The van der Waals surface area contributed by atoms with Gasteiger partial charge in [-0.15, -0.1) is 11.8 Å². The highest BCUT2D eigenvalue weighted by atomic mass is 32.2. The van der Waals surface area contributed by atoms with Gasteiger partial charge in [0.15, 0.2) is 0 Å². The molecule has 5 nitrogen and oxygen atoms in total. The van der Waals surface area contributed by atoms with Crippen LogP contribution in [0.3, 0.4) is 0 Å². The molecule has 32 heavy (non-hydrogen) atoms. The second-order valence-electron chi connectivity index (χ2n) is 8.10. The van der Waals surface area contributed by atoms with Crippen LogP contribution in [-0.2, 0) is 21.9 Å².